The van der Waals surface area contributed by atoms with Gasteiger partial charge < -0.3 is 4.74 Å². The van der Waals surface area contributed by atoms with E-state index >= 15 is 0 Å². The first-order valence-corrected chi connectivity index (χ1v) is 6.40. The maximum atomic E-state index is 12.1. The number of hydrogen-bond donors (Lipinski definition) is 0. The topological polar surface area (TPSA) is 43.4 Å². The van der Waals surface area contributed by atoms with Crippen LogP contribution in [0, 0.1) is 5.41 Å². The Bertz CT molecular complexity index is 453. The molecule has 0 N–H and O–H groups in total. The molecule has 0 aliphatic rings. The van der Waals surface area contributed by atoms with Crippen molar-refractivity contribution in [3.8, 4) is 5.75 Å². The number of hydrogen-bond acceptors (Lipinski definition) is 3. The summed E-state index contributed by atoms with van der Waals surface area (Å²) in [6.45, 7) is 3.44. The van der Waals surface area contributed by atoms with E-state index in [0.717, 1.165) is 0 Å². The van der Waals surface area contributed by atoms with Gasteiger partial charge in [0, 0.05) is 0 Å². The van der Waals surface area contributed by atoms with Crippen LogP contribution in [0.5, 0.6) is 5.75 Å². The second-order valence-electron chi connectivity index (χ2n) is 3.88. The van der Waals surface area contributed by atoms with E-state index in [2.05, 4.69) is 0 Å². The fourth-order valence-corrected chi connectivity index (χ4v) is 2.14. The summed E-state index contributed by atoms with van der Waals surface area (Å²) >= 11 is 11.4. The highest BCUT2D eigenvalue weighted by atomic mass is 35.5. The molecule has 0 fully saturated rings. The Morgan fingerprint density at radius 3 is 2.22 bits per heavy atom. The van der Waals surface area contributed by atoms with Crippen LogP contribution in [0.4, 0.5) is 0 Å². The molecule has 5 heteroatoms. The molecule has 1 rings (SSSR count). The molecular weight excluding hydrogens is 275 g/mol. The van der Waals surface area contributed by atoms with Crippen molar-refractivity contribution < 1.29 is 14.3 Å². The molecule has 0 radical (unpaired) electrons. The average molecular weight is 289 g/mol. The van der Waals surface area contributed by atoms with Crippen molar-refractivity contribution in [3.05, 3.63) is 29.3 Å². The molecule has 0 aliphatic heterocycles. The molecule has 98 valence electrons. The number of para-hydroxylation sites is 1. The Balaban J connectivity index is 3.00. The van der Waals surface area contributed by atoms with E-state index in [-0.39, 0.29) is 18.6 Å². The second kappa shape index (κ2) is 6.21. The van der Waals surface area contributed by atoms with E-state index in [1.807, 2.05) is 0 Å². The van der Waals surface area contributed by atoms with Gasteiger partial charge in [-0.2, -0.15) is 0 Å². The maximum absolute atomic E-state index is 12.1. The highest BCUT2D eigenvalue weighted by Gasteiger charge is 2.43. The van der Waals surface area contributed by atoms with E-state index in [1.165, 1.54) is 0 Å². The van der Waals surface area contributed by atoms with Crippen LogP contribution in [0.25, 0.3) is 0 Å². The SMILES string of the molecule is CCC(CC)(C(=O)Cl)C(=O)Oc1ccccc1Cl. The predicted octanol–water partition coefficient (Wildman–Crippen LogP) is 3.82. The first-order valence-electron chi connectivity index (χ1n) is 5.64. The fourth-order valence-electron chi connectivity index (χ4n) is 1.62. The summed E-state index contributed by atoms with van der Waals surface area (Å²) in [5.41, 5.74) is -1.30. The lowest BCUT2D eigenvalue weighted by Gasteiger charge is -2.24. The Hall–Kier alpha value is -1.06. The predicted molar refractivity (Wildman–Crippen MR) is 71.0 cm³/mol. The zero-order valence-corrected chi connectivity index (χ0v) is 11.7. The van der Waals surface area contributed by atoms with Crippen LogP contribution >= 0.6 is 23.2 Å². The van der Waals surface area contributed by atoms with Gasteiger partial charge in [-0.05, 0) is 36.6 Å². The molecule has 1 aromatic rings. The third kappa shape index (κ3) is 2.85. The highest BCUT2D eigenvalue weighted by Crippen LogP contribution is 2.33. The van der Waals surface area contributed by atoms with Gasteiger partial charge in [-0.1, -0.05) is 37.6 Å². The van der Waals surface area contributed by atoms with Gasteiger partial charge in [-0.15, -0.1) is 0 Å². The molecule has 3 nitrogen and oxygen atoms in total. The lowest BCUT2D eigenvalue weighted by atomic mass is 9.84. The minimum Gasteiger partial charge on any atom is -0.424 e. The number of esters is 1. The number of carbonyl (C=O) groups excluding carboxylic acids is 2. The molecule has 0 saturated heterocycles. The van der Waals surface area contributed by atoms with Crippen molar-refractivity contribution >= 4 is 34.4 Å². The van der Waals surface area contributed by atoms with Gasteiger partial charge in [0.2, 0.25) is 5.24 Å². The smallest absolute Gasteiger partial charge is 0.326 e. The largest absolute Gasteiger partial charge is 0.424 e. The number of carbonyl (C=O) groups is 2. The maximum Gasteiger partial charge on any atom is 0.326 e. The molecule has 0 spiro atoms. The second-order valence-corrected chi connectivity index (χ2v) is 4.63. The Morgan fingerprint density at radius 1 is 1.22 bits per heavy atom. The van der Waals surface area contributed by atoms with Crippen LogP contribution in [-0.2, 0) is 9.59 Å². The molecule has 0 atom stereocenters. The van der Waals surface area contributed by atoms with E-state index in [4.69, 9.17) is 27.9 Å². The van der Waals surface area contributed by atoms with Crippen molar-refractivity contribution in [3.63, 3.8) is 0 Å². The Kier molecular flexibility index (Phi) is 5.17. The van der Waals surface area contributed by atoms with Crippen molar-refractivity contribution in [1.82, 2.24) is 0 Å². The van der Waals surface area contributed by atoms with Gasteiger partial charge in [0.15, 0.2) is 0 Å². The fraction of sp³-hybridized carbons (Fsp3) is 0.385. The quantitative estimate of drug-likeness (QED) is 0.358. The highest BCUT2D eigenvalue weighted by molar-refractivity contribution is 6.66. The van der Waals surface area contributed by atoms with Crippen LogP contribution in [0.1, 0.15) is 26.7 Å². The zero-order valence-electron chi connectivity index (χ0n) is 10.2. The first-order chi connectivity index (χ1) is 8.47. The van der Waals surface area contributed by atoms with Gasteiger partial charge in [0.25, 0.3) is 0 Å². The van der Waals surface area contributed by atoms with Crippen LogP contribution in [0.3, 0.4) is 0 Å². The summed E-state index contributed by atoms with van der Waals surface area (Å²) in [5.74, 6) is -0.436. The third-order valence-corrected chi connectivity index (χ3v) is 3.69. The molecular formula is C13H14Cl2O3. The van der Waals surface area contributed by atoms with Crippen molar-refractivity contribution in [2.45, 2.75) is 26.7 Å². The molecule has 0 amide bonds. The Labute approximate surface area is 116 Å². The van der Waals surface area contributed by atoms with Crippen LogP contribution in [-0.4, -0.2) is 11.2 Å². The van der Waals surface area contributed by atoms with Gasteiger partial charge in [0.05, 0.1) is 5.02 Å². The summed E-state index contributed by atoms with van der Waals surface area (Å²) in [7, 11) is 0. The zero-order chi connectivity index (χ0) is 13.8. The van der Waals surface area contributed by atoms with Gasteiger partial charge in [-0.3, -0.25) is 9.59 Å². The summed E-state index contributed by atoms with van der Waals surface area (Å²) in [5, 5.41) is -0.390. The van der Waals surface area contributed by atoms with Crippen LogP contribution in [0.2, 0.25) is 5.02 Å². The minimum absolute atomic E-state index is 0.230. The third-order valence-electron chi connectivity index (χ3n) is 3.01. The van der Waals surface area contributed by atoms with Gasteiger partial charge >= 0.3 is 5.97 Å². The number of ether oxygens (including phenoxy) is 1. The molecule has 1 aromatic carbocycles. The average Bonchev–Trinajstić information content (AvgIpc) is 2.34. The van der Waals surface area contributed by atoms with Crippen molar-refractivity contribution in [2.75, 3.05) is 0 Å². The van der Waals surface area contributed by atoms with E-state index < -0.39 is 16.6 Å². The summed E-state index contributed by atoms with van der Waals surface area (Å²) < 4.78 is 5.18. The molecule has 0 bridgehead atoms. The van der Waals surface area contributed by atoms with Crippen molar-refractivity contribution in [2.24, 2.45) is 5.41 Å². The molecule has 0 unspecified atom stereocenters. The van der Waals surface area contributed by atoms with Gasteiger partial charge in [-0.25, -0.2) is 0 Å². The molecule has 0 heterocycles. The lowest BCUT2D eigenvalue weighted by Crippen LogP contribution is -2.39. The van der Waals surface area contributed by atoms with Gasteiger partial charge in [0.1, 0.15) is 11.2 Å². The molecule has 0 aromatic heterocycles. The summed E-state index contributed by atoms with van der Waals surface area (Å²) in [6.07, 6.45) is 0.574. The first kappa shape index (κ1) is 15.0. The number of benzene rings is 1. The molecule has 0 saturated carbocycles. The molecule has 18 heavy (non-hydrogen) atoms. The monoisotopic (exact) mass is 288 g/mol. The minimum atomic E-state index is -1.30. The summed E-state index contributed by atoms with van der Waals surface area (Å²) in [4.78, 5) is 23.6. The number of rotatable bonds is 5. The van der Waals surface area contributed by atoms with Crippen LogP contribution in [0.15, 0.2) is 24.3 Å². The van der Waals surface area contributed by atoms with Crippen molar-refractivity contribution in [1.29, 1.82) is 0 Å². The summed E-state index contributed by atoms with van der Waals surface area (Å²) in [6, 6.07) is 6.58. The molecule has 0 aliphatic carbocycles. The standard InChI is InChI=1S/C13H14Cl2O3/c1-3-13(4-2,11(15)16)12(17)18-10-8-6-5-7-9(10)14/h5-8H,3-4H2,1-2H3. The Morgan fingerprint density at radius 2 is 1.78 bits per heavy atom. The van der Waals surface area contributed by atoms with E-state index in [9.17, 15) is 9.59 Å². The normalized spacial score (nSPS) is 11.1. The van der Waals surface area contributed by atoms with Crippen LogP contribution < -0.4 is 4.74 Å². The number of halogens is 2. The van der Waals surface area contributed by atoms with E-state index in [0.29, 0.717) is 5.02 Å². The van der Waals surface area contributed by atoms with E-state index in [1.54, 1.807) is 38.1 Å². The lowest BCUT2D eigenvalue weighted by molar-refractivity contribution is -0.150.